The molecule has 0 atom stereocenters. The minimum Gasteiger partial charge on any atom is -0.493 e. The molecule has 0 spiro atoms. The van der Waals surface area contributed by atoms with Gasteiger partial charge in [-0.2, -0.15) is 0 Å². The van der Waals surface area contributed by atoms with E-state index in [1.807, 2.05) is 20.8 Å². The first-order valence-corrected chi connectivity index (χ1v) is 13.0. The SMILES string of the molecule is COc1ccc(N(CC(=O)Nc2ccccc2C(=O)NC(C)C)S(=O)(=O)c2ccc(C)cc2)cc1OC. The highest BCUT2D eigenvalue weighted by Crippen LogP contribution is 2.34. The zero-order chi connectivity index (χ0) is 27.2. The van der Waals surface area contributed by atoms with Crippen molar-refractivity contribution < 1.29 is 27.5 Å². The normalized spacial score (nSPS) is 11.1. The van der Waals surface area contributed by atoms with Gasteiger partial charge >= 0.3 is 0 Å². The Labute approximate surface area is 217 Å². The predicted molar refractivity (Wildman–Crippen MR) is 143 cm³/mol. The number of anilines is 2. The first-order valence-electron chi connectivity index (χ1n) is 11.6. The second-order valence-electron chi connectivity index (χ2n) is 8.59. The number of benzene rings is 3. The van der Waals surface area contributed by atoms with E-state index in [1.54, 1.807) is 42.5 Å². The number of hydrogen-bond acceptors (Lipinski definition) is 6. The number of sulfonamides is 1. The summed E-state index contributed by atoms with van der Waals surface area (Å²) in [7, 11) is -1.24. The molecule has 0 bridgehead atoms. The Balaban J connectivity index is 1.99. The standard InChI is InChI=1S/C27H31N3O6S/c1-18(2)28-27(32)22-8-6-7-9-23(22)29-26(31)17-30(20-12-15-24(35-4)25(16-20)36-5)37(33,34)21-13-10-19(3)11-14-21/h6-16,18H,17H2,1-5H3,(H,28,32)(H,29,31). The van der Waals surface area contributed by atoms with Gasteiger partial charge in [-0.1, -0.05) is 29.8 Å². The van der Waals surface area contributed by atoms with E-state index in [4.69, 9.17) is 9.47 Å². The van der Waals surface area contributed by atoms with Crippen LogP contribution in [-0.2, 0) is 14.8 Å². The molecule has 0 heterocycles. The third-order valence-corrected chi connectivity index (χ3v) is 7.20. The van der Waals surface area contributed by atoms with E-state index in [2.05, 4.69) is 10.6 Å². The zero-order valence-electron chi connectivity index (χ0n) is 21.4. The van der Waals surface area contributed by atoms with Crippen LogP contribution in [0.1, 0.15) is 29.8 Å². The molecule has 0 radical (unpaired) electrons. The maximum absolute atomic E-state index is 13.7. The molecule has 0 aromatic heterocycles. The van der Waals surface area contributed by atoms with E-state index in [0.29, 0.717) is 11.5 Å². The van der Waals surface area contributed by atoms with Gasteiger partial charge in [-0.3, -0.25) is 13.9 Å². The molecular formula is C27H31N3O6S. The van der Waals surface area contributed by atoms with Crippen LogP contribution in [0, 0.1) is 6.92 Å². The highest BCUT2D eigenvalue weighted by atomic mass is 32.2. The van der Waals surface area contributed by atoms with Gasteiger partial charge in [0.15, 0.2) is 11.5 Å². The number of carbonyl (C=O) groups excluding carboxylic acids is 2. The van der Waals surface area contributed by atoms with Gasteiger partial charge in [-0.15, -0.1) is 0 Å². The average Bonchev–Trinajstić information content (AvgIpc) is 2.87. The molecule has 37 heavy (non-hydrogen) atoms. The Kier molecular flexibility index (Phi) is 8.77. The molecule has 2 N–H and O–H groups in total. The molecule has 0 unspecified atom stereocenters. The molecule has 3 aromatic rings. The van der Waals surface area contributed by atoms with Crippen molar-refractivity contribution in [2.75, 3.05) is 30.4 Å². The van der Waals surface area contributed by atoms with Crippen LogP contribution in [-0.4, -0.2) is 47.0 Å². The first kappa shape index (κ1) is 27.5. The summed E-state index contributed by atoms with van der Waals surface area (Å²) < 4.78 is 39.0. The fraction of sp³-hybridized carbons (Fsp3) is 0.259. The van der Waals surface area contributed by atoms with Crippen LogP contribution in [0.5, 0.6) is 11.5 Å². The molecule has 0 aliphatic heterocycles. The van der Waals surface area contributed by atoms with Crippen LogP contribution in [0.4, 0.5) is 11.4 Å². The summed E-state index contributed by atoms with van der Waals surface area (Å²) in [6.45, 7) is 4.96. The van der Waals surface area contributed by atoms with Gasteiger partial charge in [-0.05, 0) is 57.2 Å². The highest BCUT2D eigenvalue weighted by Gasteiger charge is 2.28. The van der Waals surface area contributed by atoms with Crippen LogP contribution in [0.25, 0.3) is 0 Å². The zero-order valence-corrected chi connectivity index (χ0v) is 22.3. The van der Waals surface area contributed by atoms with Crippen molar-refractivity contribution in [2.45, 2.75) is 31.7 Å². The van der Waals surface area contributed by atoms with E-state index in [0.717, 1.165) is 9.87 Å². The van der Waals surface area contributed by atoms with Crippen molar-refractivity contribution in [1.29, 1.82) is 0 Å². The smallest absolute Gasteiger partial charge is 0.264 e. The van der Waals surface area contributed by atoms with Crippen LogP contribution in [0.2, 0.25) is 0 Å². The Hall–Kier alpha value is -4.05. The molecule has 0 aliphatic rings. The van der Waals surface area contributed by atoms with Gasteiger partial charge in [0.25, 0.3) is 15.9 Å². The van der Waals surface area contributed by atoms with E-state index >= 15 is 0 Å². The fourth-order valence-corrected chi connectivity index (χ4v) is 5.00. The molecule has 3 rings (SSSR count). The van der Waals surface area contributed by atoms with Gasteiger partial charge in [0.2, 0.25) is 5.91 Å². The van der Waals surface area contributed by atoms with Crippen molar-refractivity contribution in [3.63, 3.8) is 0 Å². The fourth-order valence-electron chi connectivity index (χ4n) is 3.58. The number of hydrogen-bond donors (Lipinski definition) is 2. The quantitative estimate of drug-likeness (QED) is 0.414. The van der Waals surface area contributed by atoms with Crippen molar-refractivity contribution in [3.05, 3.63) is 77.9 Å². The third-order valence-electron chi connectivity index (χ3n) is 5.42. The number of methoxy groups -OCH3 is 2. The summed E-state index contributed by atoms with van der Waals surface area (Å²) in [5.41, 5.74) is 1.64. The lowest BCUT2D eigenvalue weighted by Crippen LogP contribution is -2.38. The predicted octanol–water partition coefficient (Wildman–Crippen LogP) is 3.98. The van der Waals surface area contributed by atoms with E-state index in [1.165, 1.54) is 38.5 Å². The molecule has 0 fully saturated rings. The number of carbonyl (C=O) groups is 2. The molecular weight excluding hydrogens is 494 g/mol. The van der Waals surface area contributed by atoms with Crippen molar-refractivity contribution >= 4 is 33.2 Å². The highest BCUT2D eigenvalue weighted by molar-refractivity contribution is 7.92. The van der Waals surface area contributed by atoms with Gasteiger partial charge in [0.1, 0.15) is 6.54 Å². The summed E-state index contributed by atoms with van der Waals surface area (Å²) >= 11 is 0. The number of rotatable bonds is 10. The Bertz CT molecular complexity index is 1370. The second kappa shape index (κ2) is 11.8. The number of nitrogens with one attached hydrogen (secondary N) is 2. The van der Waals surface area contributed by atoms with E-state index < -0.39 is 22.5 Å². The minimum atomic E-state index is -4.15. The summed E-state index contributed by atoms with van der Waals surface area (Å²) in [4.78, 5) is 25.8. The van der Waals surface area contributed by atoms with Crippen LogP contribution < -0.4 is 24.4 Å². The maximum atomic E-state index is 13.7. The van der Waals surface area contributed by atoms with Crippen LogP contribution in [0.3, 0.4) is 0 Å². The second-order valence-corrected chi connectivity index (χ2v) is 10.4. The Morgan fingerprint density at radius 3 is 2.19 bits per heavy atom. The lowest BCUT2D eigenvalue weighted by molar-refractivity contribution is -0.114. The number of aryl methyl sites for hydroxylation is 1. The molecule has 0 saturated heterocycles. The third kappa shape index (κ3) is 6.59. The molecule has 9 nitrogen and oxygen atoms in total. The van der Waals surface area contributed by atoms with Crippen molar-refractivity contribution in [1.82, 2.24) is 5.32 Å². The summed E-state index contributed by atoms with van der Waals surface area (Å²) in [5, 5.41) is 5.48. The van der Waals surface area contributed by atoms with Crippen molar-refractivity contribution in [2.24, 2.45) is 0 Å². The number of amides is 2. The van der Waals surface area contributed by atoms with Gasteiger partial charge in [-0.25, -0.2) is 8.42 Å². The largest absolute Gasteiger partial charge is 0.493 e. The van der Waals surface area contributed by atoms with Crippen LogP contribution in [0.15, 0.2) is 71.6 Å². The van der Waals surface area contributed by atoms with Crippen LogP contribution >= 0.6 is 0 Å². The van der Waals surface area contributed by atoms with E-state index in [-0.39, 0.29) is 33.8 Å². The molecule has 0 saturated carbocycles. The lowest BCUT2D eigenvalue weighted by Gasteiger charge is -2.25. The maximum Gasteiger partial charge on any atom is 0.264 e. The first-order chi connectivity index (χ1) is 17.6. The molecule has 0 aliphatic carbocycles. The van der Waals surface area contributed by atoms with Gasteiger partial charge < -0.3 is 20.1 Å². The average molecular weight is 526 g/mol. The van der Waals surface area contributed by atoms with Crippen molar-refractivity contribution in [3.8, 4) is 11.5 Å². The summed E-state index contributed by atoms with van der Waals surface area (Å²) in [6, 6.07) is 17.4. The van der Waals surface area contributed by atoms with Gasteiger partial charge in [0.05, 0.1) is 36.1 Å². The summed E-state index contributed by atoms with van der Waals surface area (Å²) in [6.07, 6.45) is 0. The Morgan fingerprint density at radius 1 is 0.919 bits per heavy atom. The summed E-state index contributed by atoms with van der Waals surface area (Å²) in [5.74, 6) is -0.265. The molecule has 2 amide bonds. The topological polar surface area (TPSA) is 114 Å². The number of para-hydroxylation sites is 1. The monoisotopic (exact) mass is 525 g/mol. The van der Waals surface area contributed by atoms with Gasteiger partial charge in [0, 0.05) is 12.1 Å². The number of ether oxygens (including phenoxy) is 2. The lowest BCUT2D eigenvalue weighted by atomic mass is 10.1. The number of nitrogens with zero attached hydrogens (tertiary/aromatic N) is 1. The Morgan fingerprint density at radius 2 is 1.57 bits per heavy atom. The minimum absolute atomic E-state index is 0.0254. The molecule has 10 heteroatoms. The van der Waals surface area contributed by atoms with E-state index in [9.17, 15) is 18.0 Å². The molecule has 196 valence electrons. The molecule has 3 aromatic carbocycles.